The molecule has 0 aromatic heterocycles. The molecule has 56 valence electrons. The summed E-state index contributed by atoms with van der Waals surface area (Å²) in [6, 6.07) is 0. The molecular formula is C7H15BN2. The highest BCUT2D eigenvalue weighted by Crippen LogP contribution is 1.98. The standard InChI is InChI=1S/C7H15BN2/c1-2-9-3-5-10(7-8)6-4-9/h2-7H2,1H3. The van der Waals surface area contributed by atoms with E-state index in [1.54, 1.807) is 0 Å². The van der Waals surface area contributed by atoms with Crippen LogP contribution in [-0.4, -0.2) is 56.8 Å². The fourth-order valence-corrected chi connectivity index (χ4v) is 1.29. The van der Waals surface area contributed by atoms with Gasteiger partial charge in [0.1, 0.15) is 0 Å². The third kappa shape index (κ3) is 1.99. The molecule has 3 heteroatoms. The second-order valence-corrected chi connectivity index (χ2v) is 2.73. The van der Waals surface area contributed by atoms with Crippen molar-refractivity contribution in [2.75, 3.05) is 39.2 Å². The molecule has 1 aliphatic rings. The van der Waals surface area contributed by atoms with E-state index in [1.807, 2.05) is 0 Å². The maximum absolute atomic E-state index is 5.50. The van der Waals surface area contributed by atoms with Crippen molar-refractivity contribution in [2.45, 2.75) is 6.92 Å². The van der Waals surface area contributed by atoms with Gasteiger partial charge < -0.3 is 9.80 Å². The van der Waals surface area contributed by atoms with Crippen LogP contribution >= 0.6 is 0 Å². The smallest absolute Gasteiger partial charge is 0.0863 e. The molecule has 0 amide bonds. The van der Waals surface area contributed by atoms with E-state index in [-0.39, 0.29) is 0 Å². The van der Waals surface area contributed by atoms with E-state index in [4.69, 9.17) is 7.85 Å². The predicted molar refractivity (Wildman–Crippen MR) is 44.3 cm³/mol. The van der Waals surface area contributed by atoms with E-state index < -0.39 is 0 Å². The lowest BCUT2D eigenvalue weighted by Gasteiger charge is -2.33. The normalized spacial score (nSPS) is 23.3. The largest absolute Gasteiger partial charge is 0.310 e. The van der Waals surface area contributed by atoms with Gasteiger partial charge in [-0.2, -0.15) is 0 Å². The first kappa shape index (κ1) is 8.09. The molecule has 0 aliphatic carbocycles. The molecule has 0 saturated carbocycles. The summed E-state index contributed by atoms with van der Waals surface area (Å²) >= 11 is 0. The average molecular weight is 138 g/mol. The maximum Gasteiger partial charge on any atom is 0.0863 e. The number of piperazine rings is 1. The lowest BCUT2D eigenvalue weighted by atomic mass is 10.1. The van der Waals surface area contributed by atoms with E-state index in [1.165, 1.54) is 19.6 Å². The molecule has 1 saturated heterocycles. The van der Waals surface area contributed by atoms with Crippen LogP contribution in [0.5, 0.6) is 0 Å². The summed E-state index contributed by atoms with van der Waals surface area (Å²) in [6.45, 7) is 8.05. The maximum atomic E-state index is 5.50. The minimum absolute atomic E-state index is 0.720. The number of rotatable bonds is 2. The minimum Gasteiger partial charge on any atom is -0.310 e. The van der Waals surface area contributed by atoms with Gasteiger partial charge in [0.05, 0.1) is 7.85 Å². The average Bonchev–Trinajstić information content (AvgIpc) is 2.05. The van der Waals surface area contributed by atoms with Gasteiger partial charge in [0, 0.05) is 26.2 Å². The first-order valence-corrected chi connectivity index (χ1v) is 4.01. The Labute approximate surface area is 64.6 Å². The van der Waals surface area contributed by atoms with Crippen molar-refractivity contribution >= 4 is 7.85 Å². The molecule has 2 radical (unpaired) electrons. The van der Waals surface area contributed by atoms with Crippen molar-refractivity contribution in [3.05, 3.63) is 0 Å². The van der Waals surface area contributed by atoms with Gasteiger partial charge in [0.2, 0.25) is 0 Å². The predicted octanol–water partition coefficient (Wildman–Crippen LogP) is -0.250. The second-order valence-electron chi connectivity index (χ2n) is 2.73. The Morgan fingerprint density at radius 3 is 2.00 bits per heavy atom. The van der Waals surface area contributed by atoms with E-state index >= 15 is 0 Å². The Morgan fingerprint density at radius 2 is 1.60 bits per heavy atom. The molecule has 0 N–H and O–H groups in total. The van der Waals surface area contributed by atoms with Gasteiger partial charge in [-0.3, -0.25) is 0 Å². The molecule has 1 fully saturated rings. The van der Waals surface area contributed by atoms with Crippen LogP contribution in [0.3, 0.4) is 0 Å². The van der Waals surface area contributed by atoms with Gasteiger partial charge in [-0.25, -0.2) is 0 Å². The fourth-order valence-electron chi connectivity index (χ4n) is 1.29. The molecule has 1 rings (SSSR count). The highest BCUT2D eigenvalue weighted by molar-refractivity contribution is 6.08. The molecule has 10 heavy (non-hydrogen) atoms. The summed E-state index contributed by atoms with van der Waals surface area (Å²) in [5.74, 6) is 0. The highest BCUT2D eigenvalue weighted by atomic mass is 15.2. The Hall–Kier alpha value is -0.0151. The van der Waals surface area contributed by atoms with E-state index in [0.717, 1.165) is 19.5 Å². The Kier molecular flexibility index (Phi) is 3.22. The van der Waals surface area contributed by atoms with Gasteiger partial charge in [-0.15, -0.1) is 0 Å². The SMILES string of the molecule is [B]CN1CCN(CC)CC1. The van der Waals surface area contributed by atoms with Crippen molar-refractivity contribution in [3.63, 3.8) is 0 Å². The number of hydrogen-bond acceptors (Lipinski definition) is 2. The number of likely N-dealkylation sites (N-methyl/N-ethyl adjacent to an activating group) is 1. The molecule has 0 bridgehead atoms. The zero-order valence-corrected chi connectivity index (χ0v) is 6.71. The number of nitrogens with zero attached hydrogens (tertiary/aromatic N) is 2. The van der Waals surface area contributed by atoms with Crippen LogP contribution in [0.2, 0.25) is 0 Å². The molecule has 0 atom stereocenters. The molecule has 0 spiro atoms. The van der Waals surface area contributed by atoms with Crippen LogP contribution in [0.15, 0.2) is 0 Å². The lowest BCUT2D eigenvalue weighted by molar-refractivity contribution is 0.154. The van der Waals surface area contributed by atoms with Crippen molar-refractivity contribution in [1.82, 2.24) is 9.80 Å². The molecule has 1 aliphatic heterocycles. The van der Waals surface area contributed by atoms with Crippen LogP contribution in [0.1, 0.15) is 6.92 Å². The summed E-state index contributed by atoms with van der Waals surface area (Å²) in [6.07, 6.45) is 0.720. The fraction of sp³-hybridized carbons (Fsp3) is 1.00. The van der Waals surface area contributed by atoms with Gasteiger partial charge in [-0.1, -0.05) is 6.92 Å². The summed E-state index contributed by atoms with van der Waals surface area (Å²) in [5, 5.41) is 0. The van der Waals surface area contributed by atoms with Gasteiger partial charge in [0.15, 0.2) is 0 Å². The summed E-state index contributed by atoms with van der Waals surface area (Å²) in [5.41, 5.74) is 0. The van der Waals surface area contributed by atoms with Crippen LogP contribution in [0, 0.1) is 0 Å². The van der Waals surface area contributed by atoms with E-state index in [2.05, 4.69) is 16.7 Å². The third-order valence-electron chi connectivity index (χ3n) is 2.17. The van der Waals surface area contributed by atoms with Crippen LogP contribution in [-0.2, 0) is 0 Å². The zero-order chi connectivity index (χ0) is 7.40. The van der Waals surface area contributed by atoms with Crippen molar-refractivity contribution < 1.29 is 0 Å². The molecular weight excluding hydrogens is 123 g/mol. The number of hydrogen-bond donors (Lipinski definition) is 0. The minimum atomic E-state index is 0.720. The molecule has 0 aromatic carbocycles. The highest BCUT2D eigenvalue weighted by Gasteiger charge is 2.12. The first-order valence-electron chi connectivity index (χ1n) is 4.01. The van der Waals surface area contributed by atoms with Crippen LogP contribution < -0.4 is 0 Å². The molecule has 2 nitrogen and oxygen atoms in total. The quantitative estimate of drug-likeness (QED) is 0.485. The Bertz CT molecular complexity index is 77.6. The second kappa shape index (κ2) is 3.99. The van der Waals surface area contributed by atoms with E-state index in [0.29, 0.717) is 0 Å². The Morgan fingerprint density at radius 1 is 1.10 bits per heavy atom. The van der Waals surface area contributed by atoms with Crippen LogP contribution in [0.25, 0.3) is 0 Å². The van der Waals surface area contributed by atoms with Gasteiger partial charge >= 0.3 is 0 Å². The van der Waals surface area contributed by atoms with Crippen molar-refractivity contribution in [2.24, 2.45) is 0 Å². The third-order valence-corrected chi connectivity index (χ3v) is 2.17. The van der Waals surface area contributed by atoms with Crippen LogP contribution in [0.4, 0.5) is 0 Å². The van der Waals surface area contributed by atoms with Crippen molar-refractivity contribution in [1.29, 1.82) is 0 Å². The topological polar surface area (TPSA) is 6.48 Å². The first-order chi connectivity index (χ1) is 4.86. The summed E-state index contributed by atoms with van der Waals surface area (Å²) < 4.78 is 0. The van der Waals surface area contributed by atoms with Gasteiger partial charge in [0.25, 0.3) is 0 Å². The lowest BCUT2D eigenvalue weighted by Crippen LogP contribution is -2.46. The summed E-state index contributed by atoms with van der Waals surface area (Å²) in [4.78, 5) is 4.73. The Balaban J connectivity index is 2.17. The molecule has 1 heterocycles. The monoisotopic (exact) mass is 138 g/mol. The van der Waals surface area contributed by atoms with Gasteiger partial charge in [-0.05, 0) is 13.0 Å². The summed E-state index contributed by atoms with van der Waals surface area (Å²) in [7, 11) is 5.50. The van der Waals surface area contributed by atoms with E-state index in [9.17, 15) is 0 Å². The zero-order valence-electron chi connectivity index (χ0n) is 6.71. The van der Waals surface area contributed by atoms with Crippen molar-refractivity contribution in [3.8, 4) is 0 Å². The molecule has 0 aromatic rings. The molecule has 0 unspecified atom stereocenters.